The van der Waals surface area contributed by atoms with E-state index < -0.39 is 0 Å². The van der Waals surface area contributed by atoms with Crippen molar-refractivity contribution in [2.24, 2.45) is 0 Å². The number of hydrogen-bond acceptors (Lipinski definition) is 4. The minimum absolute atomic E-state index is 0.00340. The van der Waals surface area contributed by atoms with Crippen molar-refractivity contribution in [2.75, 3.05) is 42.7 Å². The third kappa shape index (κ3) is 5.90. The molecule has 3 aromatic rings. The first-order valence-electron chi connectivity index (χ1n) is 11.6. The van der Waals surface area contributed by atoms with Gasteiger partial charge in [0.1, 0.15) is 0 Å². The first-order valence-corrected chi connectivity index (χ1v) is 12.4. The van der Waals surface area contributed by atoms with E-state index in [1.165, 1.54) is 0 Å². The second kappa shape index (κ2) is 11.2. The Morgan fingerprint density at radius 2 is 1.58 bits per heavy atom. The molecule has 3 aromatic carbocycles. The van der Waals surface area contributed by atoms with Gasteiger partial charge in [-0.15, -0.1) is 0 Å². The van der Waals surface area contributed by atoms with Gasteiger partial charge in [-0.25, -0.2) is 0 Å². The van der Waals surface area contributed by atoms with Gasteiger partial charge in [0, 0.05) is 40.5 Å². The molecule has 6 nitrogen and oxygen atoms in total. The molecule has 0 unspecified atom stereocenters. The van der Waals surface area contributed by atoms with E-state index in [0.717, 1.165) is 35.5 Å². The number of halogens is 2. The summed E-state index contributed by atoms with van der Waals surface area (Å²) in [5, 5.41) is 7.49. The number of nitrogens with zero attached hydrogens (tertiary/aromatic N) is 2. The number of carbonyl (C=O) groups excluding carboxylic acids is 2. The van der Waals surface area contributed by atoms with Gasteiger partial charge in [-0.2, -0.15) is 0 Å². The Kier molecular flexibility index (Phi) is 7.99. The predicted octanol–water partition coefficient (Wildman–Crippen LogP) is 6.23. The zero-order valence-corrected chi connectivity index (χ0v) is 22.0. The number of benzene rings is 3. The van der Waals surface area contributed by atoms with Crippen LogP contribution < -0.4 is 15.5 Å². The SMILES string of the molecule is CC(=O)N(CCCN(C)C)c1ccc(N/C(=C2\C(=O)Nc3cc(Cl)ccc32)c2ccc(Cl)cc2)cc1. The first-order chi connectivity index (χ1) is 17.2. The molecule has 0 saturated heterocycles. The van der Waals surface area contributed by atoms with Crippen molar-refractivity contribution in [1.29, 1.82) is 0 Å². The van der Waals surface area contributed by atoms with Gasteiger partial charge in [0.2, 0.25) is 5.91 Å². The van der Waals surface area contributed by atoms with Crippen LogP contribution in [0, 0.1) is 0 Å². The highest BCUT2D eigenvalue weighted by molar-refractivity contribution is 6.38. The lowest BCUT2D eigenvalue weighted by Gasteiger charge is -2.23. The number of amides is 2. The molecule has 0 saturated carbocycles. The van der Waals surface area contributed by atoms with Crippen LogP contribution in [0.15, 0.2) is 66.7 Å². The third-order valence-electron chi connectivity index (χ3n) is 5.92. The lowest BCUT2D eigenvalue weighted by molar-refractivity contribution is -0.116. The summed E-state index contributed by atoms with van der Waals surface area (Å²) in [6, 6.07) is 20.3. The summed E-state index contributed by atoms with van der Waals surface area (Å²) >= 11 is 12.3. The normalized spacial score (nSPS) is 13.9. The second-order valence-electron chi connectivity index (χ2n) is 8.90. The van der Waals surface area contributed by atoms with E-state index >= 15 is 0 Å². The van der Waals surface area contributed by atoms with Crippen molar-refractivity contribution in [3.8, 4) is 0 Å². The number of fused-ring (bicyclic) bond motifs is 1. The van der Waals surface area contributed by atoms with Crippen LogP contribution in [0.25, 0.3) is 11.3 Å². The fourth-order valence-corrected chi connectivity index (χ4v) is 4.47. The zero-order valence-electron chi connectivity index (χ0n) is 20.4. The topological polar surface area (TPSA) is 64.7 Å². The number of rotatable bonds is 8. The van der Waals surface area contributed by atoms with Crippen molar-refractivity contribution in [2.45, 2.75) is 13.3 Å². The number of anilines is 3. The Bertz CT molecular complexity index is 1300. The Morgan fingerprint density at radius 3 is 2.22 bits per heavy atom. The number of hydrogen-bond donors (Lipinski definition) is 2. The largest absolute Gasteiger partial charge is 0.354 e. The zero-order chi connectivity index (χ0) is 25.8. The quantitative estimate of drug-likeness (QED) is 0.344. The van der Waals surface area contributed by atoms with E-state index in [-0.39, 0.29) is 11.8 Å². The van der Waals surface area contributed by atoms with Crippen LogP contribution in [0.2, 0.25) is 10.0 Å². The maximum Gasteiger partial charge on any atom is 0.258 e. The summed E-state index contributed by atoms with van der Waals surface area (Å²) in [5.74, 6) is -0.221. The van der Waals surface area contributed by atoms with E-state index in [0.29, 0.717) is 33.5 Å². The van der Waals surface area contributed by atoms with Crippen LogP contribution in [-0.4, -0.2) is 43.9 Å². The maximum absolute atomic E-state index is 13.1. The van der Waals surface area contributed by atoms with Crippen molar-refractivity contribution >= 4 is 63.3 Å². The highest BCUT2D eigenvalue weighted by atomic mass is 35.5. The van der Waals surface area contributed by atoms with Crippen LogP contribution >= 0.6 is 23.2 Å². The van der Waals surface area contributed by atoms with Gasteiger partial charge >= 0.3 is 0 Å². The van der Waals surface area contributed by atoms with Gasteiger partial charge in [-0.3, -0.25) is 9.59 Å². The molecule has 0 spiro atoms. The van der Waals surface area contributed by atoms with E-state index in [9.17, 15) is 9.59 Å². The lowest BCUT2D eigenvalue weighted by atomic mass is 10.00. The number of carbonyl (C=O) groups is 2. The average Bonchev–Trinajstić information content (AvgIpc) is 3.15. The maximum atomic E-state index is 13.1. The van der Waals surface area contributed by atoms with Gasteiger partial charge in [0.05, 0.1) is 17.0 Å². The number of nitrogens with one attached hydrogen (secondary N) is 2. The summed E-state index contributed by atoms with van der Waals surface area (Å²) in [6.45, 7) is 3.11. The summed E-state index contributed by atoms with van der Waals surface area (Å²) in [4.78, 5) is 29.2. The molecule has 0 bridgehead atoms. The molecule has 1 aliphatic heterocycles. The highest BCUT2D eigenvalue weighted by Gasteiger charge is 2.28. The fourth-order valence-electron chi connectivity index (χ4n) is 4.17. The molecule has 0 radical (unpaired) electrons. The smallest absolute Gasteiger partial charge is 0.258 e. The average molecular weight is 523 g/mol. The van der Waals surface area contributed by atoms with Crippen molar-refractivity contribution in [1.82, 2.24) is 4.90 Å². The monoisotopic (exact) mass is 522 g/mol. The van der Waals surface area contributed by atoms with Crippen molar-refractivity contribution < 1.29 is 9.59 Å². The van der Waals surface area contributed by atoms with Gasteiger partial charge in [-0.1, -0.05) is 41.4 Å². The van der Waals surface area contributed by atoms with Crippen molar-refractivity contribution in [3.05, 3.63) is 87.9 Å². The Labute approximate surface area is 221 Å². The molecule has 0 fully saturated rings. The van der Waals surface area contributed by atoms with Crippen LogP contribution in [-0.2, 0) is 9.59 Å². The Hall–Kier alpha value is -3.32. The Morgan fingerprint density at radius 1 is 0.917 bits per heavy atom. The van der Waals surface area contributed by atoms with E-state index in [1.807, 2.05) is 56.6 Å². The summed E-state index contributed by atoms with van der Waals surface area (Å²) < 4.78 is 0. The molecule has 8 heteroatoms. The summed E-state index contributed by atoms with van der Waals surface area (Å²) in [7, 11) is 4.03. The third-order valence-corrected chi connectivity index (χ3v) is 6.41. The molecule has 186 valence electrons. The van der Waals surface area contributed by atoms with Crippen molar-refractivity contribution in [3.63, 3.8) is 0 Å². The molecule has 0 atom stereocenters. The van der Waals surface area contributed by atoms with Crippen LogP contribution in [0.3, 0.4) is 0 Å². The fraction of sp³-hybridized carbons (Fsp3) is 0.214. The molecule has 4 rings (SSSR count). The molecule has 2 amide bonds. The second-order valence-corrected chi connectivity index (χ2v) is 9.77. The predicted molar refractivity (Wildman–Crippen MR) is 150 cm³/mol. The van der Waals surface area contributed by atoms with E-state index in [2.05, 4.69) is 15.5 Å². The first kappa shape index (κ1) is 25.8. The van der Waals surface area contributed by atoms with Crippen LogP contribution in [0.5, 0.6) is 0 Å². The molecule has 0 aromatic heterocycles. The summed E-state index contributed by atoms with van der Waals surface area (Å²) in [5.41, 5.74) is 5.01. The molecule has 1 heterocycles. The van der Waals surface area contributed by atoms with Gasteiger partial charge in [0.25, 0.3) is 5.91 Å². The van der Waals surface area contributed by atoms with Gasteiger partial charge in [-0.05, 0) is 81.2 Å². The molecule has 36 heavy (non-hydrogen) atoms. The molecule has 0 aliphatic carbocycles. The van der Waals surface area contributed by atoms with Gasteiger partial charge < -0.3 is 20.4 Å². The van der Waals surface area contributed by atoms with E-state index in [4.69, 9.17) is 23.2 Å². The minimum Gasteiger partial charge on any atom is -0.354 e. The Balaban J connectivity index is 1.68. The van der Waals surface area contributed by atoms with Crippen LogP contribution in [0.1, 0.15) is 24.5 Å². The van der Waals surface area contributed by atoms with Gasteiger partial charge in [0.15, 0.2) is 0 Å². The van der Waals surface area contributed by atoms with Crippen LogP contribution in [0.4, 0.5) is 17.1 Å². The summed E-state index contributed by atoms with van der Waals surface area (Å²) in [6.07, 6.45) is 0.873. The lowest BCUT2D eigenvalue weighted by Crippen LogP contribution is -2.31. The molecular formula is C28H28Cl2N4O2. The molecule has 2 N–H and O–H groups in total. The van der Waals surface area contributed by atoms with E-state index in [1.54, 1.807) is 36.1 Å². The highest BCUT2D eigenvalue weighted by Crippen LogP contribution is 2.39. The molecular weight excluding hydrogens is 495 g/mol. The standard InChI is InChI=1S/C28H28Cl2N4O2/c1-18(35)34(16-4-15-33(2)3)23-12-10-22(11-13-23)31-27(19-5-7-20(29)8-6-19)26-24-14-9-21(30)17-25(24)32-28(26)36/h5-14,17,31H,4,15-16H2,1-3H3,(H,32,36)/b27-26-. The minimum atomic E-state index is -0.218. The molecule has 1 aliphatic rings.